The van der Waals surface area contributed by atoms with Gasteiger partial charge in [0.05, 0.1) is 0 Å². The maximum atomic E-state index is 8.29. The molecule has 14 heavy (non-hydrogen) atoms. The van der Waals surface area contributed by atoms with Crippen LogP contribution in [0.5, 0.6) is 0 Å². The zero-order valence-electron chi connectivity index (χ0n) is 9.57. The fourth-order valence-corrected chi connectivity index (χ4v) is 1.07. The number of aryl methyl sites for hydroxylation is 2. The van der Waals surface area contributed by atoms with Gasteiger partial charge in [0.2, 0.25) is 0 Å². The van der Waals surface area contributed by atoms with Crippen LogP contribution in [0.25, 0.3) is 10.4 Å². The molecule has 0 atom stereocenters. The molecule has 0 unspecified atom stereocenters. The van der Waals surface area contributed by atoms with Crippen molar-refractivity contribution >= 4 is 5.69 Å². The minimum atomic E-state index is 0. The number of benzene rings is 1. The van der Waals surface area contributed by atoms with Gasteiger partial charge in [-0.2, -0.15) is 0 Å². The average molecular weight is 266 g/mol. The molecule has 3 nitrogen and oxygen atoms in total. The van der Waals surface area contributed by atoms with Crippen molar-refractivity contribution in [2.45, 2.75) is 20.2 Å². The summed E-state index contributed by atoms with van der Waals surface area (Å²) in [7, 11) is 0. The number of nitrogens with zero attached hydrogens (tertiary/aromatic N) is 3. The van der Waals surface area contributed by atoms with Gasteiger partial charge in [-0.05, 0) is 24.4 Å². The first-order chi connectivity index (χ1) is 6.31. The standard InChI is InChI=1S/C9H11N3.CH3.Y/c1-3-8-6-7(2)4-5-9(8)11-12-10;;/h4-6H,3H2,1-2H3;1H3;/q;-1;/i2D;;. The summed E-state index contributed by atoms with van der Waals surface area (Å²) < 4.78 is 7.18. The predicted octanol–water partition coefficient (Wildman–Crippen LogP) is 3.95. The van der Waals surface area contributed by atoms with Crippen molar-refractivity contribution in [2.75, 3.05) is 0 Å². The van der Waals surface area contributed by atoms with Crippen LogP contribution < -0.4 is 0 Å². The van der Waals surface area contributed by atoms with Gasteiger partial charge >= 0.3 is 0 Å². The molecule has 0 aliphatic rings. The molecule has 1 rings (SSSR count). The topological polar surface area (TPSA) is 48.8 Å². The quantitative estimate of drug-likeness (QED) is 0.337. The van der Waals surface area contributed by atoms with E-state index < -0.39 is 0 Å². The average Bonchev–Trinajstić information content (AvgIpc) is 2.19. The normalized spacial score (nSPS) is 8.79. The van der Waals surface area contributed by atoms with Crippen LogP contribution in [-0.4, -0.2) is 0 Å². The Labute approximate surface area is 112 Å². The van der Waals surface area contributed by atoms with Crippen LogP contribution in [0.2, 0.25) is 0 Å². The monoisotopic (exact) mass is 266 g/mol. The second-order valence-electron chi connectivity index (χ2n) is 2.51. The Kier molecular flexibility index (Phi) is 7.78. The largest absolute Gasteiger partial charge is 0.358 e. The molecule has 4 heteroatoms. The summed E-state index contributed by atoms with van der Waals surface area (Å²) in [6.07, 6.45) is 0.822. The Morgan fingerprint density at radius 2 is 2.29 bits per heavy atom. The molecular formula is C10H14N3Y-. The zero-order chi connectivity index (χ0) is 9.68. The molecule has 0 saturated carbocycles. The van der Waals surface area contributed by atoms with Gasteiger partial charge in [0, 0.05) is 44.7 Å². The summed E-state index contributed by atoms with van der Waals surface area (Å²) in [6.45, 7) is 2.27. The minimum Gasteiger partial charge on any atom is -0.358 e. The third kappa shape index (κ3) is 4.23. The van der Waals surface area contributed by atoms with E-state index in [4.69, 9.17) is 6.90 Å². The van der Waals surface area contributed by atoms with Crippen LogP contribution in [0.15, 0.2) is 23.3 Å². The molecule has 0 amide bonds. The molecule has 1 radical (unpaired) electrons. The van der Waals surface area contributed by atoms with E-state index in [1.165, 1.54) is 0 Å². The third-order valence-corrected chi connectivity index (χ3v) is 1.68. The smallest absolute Gasteiger partial charge is 0.0407 e. The second kappa shape index (κ2) is 7.98. The Balaban J connectivity index is 0. The predicted molar refractivity (Wildman–Crippen MR) is 55.8 cm³/mol. The molecule has 1 aromatic rings. The summed E-state index contributed by atoms with van der Waals surface area (Å²) >= 11 is 0. The molecule has 0 fully saturated rings. The van der Waals surface area contributed by atoms with E-state index in [0.717, 1.165) is 17.5 Å². The van der Waals surface area contributed by atoms with Crippen molar-refractivity contribution in [3.8, 4) is 0 Å². The Morgan fingerprint density at radius 3 is 2.79 bits per heavy atom. The first kappa shape index (κ1) is 13.6. The maximum absolute atomic E-state index is 8.29. The molecule has 0 spiro atoms. The molecular weight excluding hydrogens is 251 g/mol. The van der Waals surface area contributed by atoms with Gasteiger partial charge in [0.1, 0.15) is 0 Å². The van der Waals surface area contributed by atoms with Gasteiger partial charge in [-0.25, -0.2) is 0 Å². The van der Waals surface area contributed by atoms with Gasteiger partial charge in [-0.15, -0.1) is 0 Å². The van der Waals surface area contributed by atoms with Crippen LogP contribution in [0.4, 0.5) is 5.69 Å². The summed E-state index contributed by atoms with van der Waals surface area (Å²) in [6, 6.07) is 5.50. The van der Waals surface area contributed by atoms with Crippen molar-refractivity contribution in [1.29, 1.82) is 0 Å². The summed E-state index contributed by atoms with van der Waals surface area (Å²) in [5.74, 6) is 0. The Hall–Kier alpha value is -0.366. The number of hydrogen-bond donors (Lipinski definition) is 0. The Bertz CT molecular complexity index is 349. The van der Waals surface area contributed by atoms with Crippen molar-refractivity contribution in [3.63, 3.8) is 0 Å². The van der Waals surface area contributed by atoms with E-state index in [1.54, 1.807) is 6.07 Å². The van der Waals surface area contributed by atoms with E-state index in [-0.39, 0.29) is 47.0 Å². The SMILES string of the molecule is [2H]Cc1ccc(N=[N+]=[N-])c(CC)c1.[CH3-].[Y]. The second-order valence-corrected chi connectivity index (χ2v) is 2.51. The van der Waals surface area contributed by atoms with E-state index in [1.807, 2.05) is 19.1 Å². The number of azide groups is 1. The number of rotatable bonds is 2. The minimum absolute atomic E-state index is 0. The summed E-state index contributed by atoms with van der Waals surface area (Å²) in [4.78, 5) is 2.75. The first-order valence-electron chi connectivity index (χ1n) is 4.48. The van der Waals surface area contributed by atoms with Crippen LogP contribution in [-0.2, 0) is 39.1 Å². The molecule has 0 aromatic heterocycles. The van der Waals surface area contributed by atoms with E-state index in [0.29, 0.717) is 5.69 Å². The molecule has 0 N–H and O–H groups in total. The van der Waals surface area contributed by atoms with E-state index in [2.05, 4.69) is 10.0 Å². The summed E-state index contributed by atoms with van der Waals surface area (Å²) in [5.41, 5.74) is 10.9. The molecule has 73 valence electrons. The van der Waals surface area contributed by atoms with Crippen molar-refractivity contribution < 1.29 is 34.1 Å². The maximum Gasteiger partial charge on any atom is 0.0407 e. The molecule has 1 aromatic carbocycles. The van der Waals surface area contributed by atoms with Gasteiger partial charge in [0.25, 0.3) is 0 Å². The molecule has 0 aliphatic carbocycles. The van der Waals surface area contributed by atoms with E-state index in [9.17, 15) is 0 Å². The molecule has 0 heterocycles. The van der Waals surface area contributed by atoms with Gasteiger partial charge < -0.3 is 7.43 Å². The molecule has 0 saturated heterocycles. The molecule has 0 bridgehead atoms. The van der Waals surface area contributed by atoms with Crippen molar-refractivity contribution in [2.24, 2.45) is 5.11 Å². The third-order valence-electron chi connectivity index (χ3n) is 1.68. The van der Waals surface area contributed by atoms with E-state index >= 15 is 0 Å². The van der Waals surface area contributed by atoms with Gasteiger partial charge in [-0.3, -0.25) is 0 Å². The van der Waals surface area contributed by atoms with Crippen LogP contribution in [0.1, 0.15) is 19.4 Å². The summed E-state index contributed by atoms with van der Waals surface area (Å²) in [5, 5.41) is 3.57. The number of hydrogen-bond acceptors (Lipinski definition) is 1. The fourth-order valence-electron chi connectivity index (χ4n) is 1.07. The van der Waals surface area contributed by atoms with Gasteiger partial charge in [-0.1, -0.05) is 35.8 Å². The fraction of sp³-hybridized carbons (Fsp3) is 0.300. The van der Waals surface area contributed by atoms with Crippen molar-refractivity contribution in [1.82, 2.24) is 0 Å². The van der Waals surface area contributed by atoms with Crippen molar-refractivity contribution in [3.05, 3.63) is 47.2 Å². The molecule has 0 aliphatic heterocycles. The van der Waals surface area contributed by atoms with Crippen LogP contribution >= 0.6 is 0 Å². The first-order valence-corrected chi connectivity index (χ1v) is 3.78. The Morgan fingerprint density at radius 1 is 1.57 bits per heavy atom. The zero-order valence-corrected chi connectivity index (χ0v) is 11.4. The van der Waals surface area contributed by atoms with Crippen LogP contribution in [0.3, 0.4) is 0 Å². The van der Waals surface area contributed by atoms with Gasteiger partial charge in [0.15, 0.2) is 0 Å². The van der Waals surface area contributed by atoms with Crippen LogP contribution in [0, 0.1) is 14.3 Å².